The van der Waals surface area contributed by atoms with Gasteiger partial charge in [-0.2, -0.15) is 0 Å². The fourth-order valence-corrected chi connectivity index (χ4v) is 5.32. The van der Waals surface area contributed by atoms with Crippen LogP contribution in [0.2, 0.25) is 0 Å². The van der Waals surface area contributed by atoms with E-state index in [2.05, 4.69) is 4.90 Å². The third-order valence-corrected chi connectivity index (χ3v) is 7.30. The topological polar surface area (TPSA) is 62.2 Å². The lowest BCUT2D eigenvalue weighted by molar-refractivity contribution is 0.0668. The Morgan fingerprint density at radius 1 is 0.917 bits per heavy atom. The predicted octanol–water partition coefficient (Wildman–Crippen LogP) is 5.83. The zero-order chi connectivity index (χ0) is 24.6. The van der Waals surface area contributed by atoms with Crippen molar-refractivity contribution in [2.24, 2.45) is 11.8 Å². The molecule has 1 atom stereocenters. The van der Waals surface area contributed by atoms with Gasteiger partial charge in [-0.3, -0.25) is 9.29 Å². The number of benzene rings is 3. The number of hydrogen-bond donors (Lipinski definition) is 2. The first kappa shape index (κ1) is 22.9. The molecule has 2 aliphatic heterocycles. The van der Waals surface area contributed by atoms with Crippen molar-refractivity contribution in [3.8, 4) is 23.0 Å². The minimum absolute atomic E-state index is 0.184. The van der Waals surface area contributed by atoms with E-state index >= 15 is 0 Å². The smallest absolute Gasteiger partial charge is 0.150 e. The Hall–Kier alpha value is -3.51. The molecule has 0 amide bonds. The number of alkyl halides is 1. The number of likely N-dealkylation sites (tertiary alicyclic amines) is 1. The standard InChI is InChI=1S/C30H30FNO4/c31-16-19-17-32(18-19)12-13-35-25-9-6-21(7-10-25)30-29(22-2-1-3-23(33)14-22)28(20-4-5-20)26-15-24(34)8-11-27(26)36-30/h1-3,6-11,14-15,19-20,30,33-34H,4-5,12-13,16-18H2/t30-/m1/s1. The van der Waals surface area contributed by atoms with Crippen molar-refractivity contribution >= 4 is 11.1 Å². The Morgan fingerprint density at radius 2 is 1.69 bits per heavy atom. The van der Waals surface area contributed by atoms with Crippen LogP contribution in [0.15, 0.2) is 66.7 Å². The van der Waals surface area contributed by atoms with Crippen LogP contribution in [0, 0.1) is 11.8 Å². The van der Waals surface area contributed by atoms with Crippen LogP contribution in [0.5, 0.6) is 23.0 Å². The average Bonchev–Trinajstić information content (AvgIpc) is 3.70. The van der Waals surface area contributed by atoms with Crippen LogP contribution in [-0.4, -0.2) is 48.0 Å². The number of phenols is 2. The number of ether oxygens (including phenoxy) is 2. The summed E-state index contributed by atoms with van der Waals surface area (Å²) in [5.41, 5.74) is 5.04. The number of phenolic OH excluding ortho intramolecular Hbond substituents is 2. The van der Waals surface area contributed by atoms with Gasteiger partial charge in [0.1, 0.15) is 35.7 Å². The molecule has 0 radical (unpaired) electrons. The SMILES string of the molecule is Oc1cccc(C2=C(C3CC3)c3cc(O)ccc3O[C@@H]2c2ccc(OCCN3CC(CF)C3)cc2)c1. The second-order valence-corrected chi connectivity index (χ2v) is 10.0. The van der Waals surface area contributed by atoms with E-state index in [-0.39, 0.29) is 30.2 Å². The van der Waals surface area contributed by atoms with E-state index in [0.29, 0.717) is 12.5 Å². The number of rotatable bonds is 8. The predicted molar refractivity (Wildman–Crippen MR) is 137 cm³/mol. The Bertz CT molecular complexity index is 1280. The maximum Gasteiger partial charge on any atom is 0.150 e. The van der Waals surface area contributed by atoms with Gasteiger partial charge in [0.05, 0.1) is 6.67 Å². The van der Waals surface area contributed by atoms with Crippen molar-refractivity contribution in [2.75, 3.05) is 32.9 Å². The summed E-state index contributed by atoms with van der Waals surface area (Å²) in [5, 5.41) is 20.5. The zero-order valence-electron chi connectivity index (χ0n) is 20.1. The van der Waals surface area contributed by atoms with Gasteiger partial charge in [-0.15, -0.1) is 0 Å². The molecule has 2 N–H and O–H groups in total. The van der Waals surface area contributed by atoms with E-state index in [9.17, 15) is 14.6 Å². The highest BCUT2D eigenvalue weighted by Crippen LogP contribution is 2.55. The molecule has 5 nitrogen and oxygen atoms in total. The van der Waals surface area contributed by atoms with Crippen LogP contribution in [0.3, 0.4) is 0 Å². The van der Waals surface area contributed by atoms with Crippen LogP contribution in [0.1, 0.15) is 35.6 Å². The van der Waals surface area contributed by atoms with E-state index in [1.54, 1.807) is 24.3 Å². The molecule has 0 aromatic heterocycles. The van der Waals surface area contributed by atoms with Crippen LogP contribution in [0.25, 0.3) is 11.1 Å². The summed E-state index contributed by atoms with van der Waals surface area (Å²) in [6, 6.07) is 20.6. The molecule has 6 heteroatoms. The average molecular weight is 488 g/mol. The largest absolute Gasteiger partial charge is 0.508 e. The summed E-state index contributed by atoms with van der Waals surface area (Å²) >= 11 is 0. The highest BCUT2D eigenvalue weighted by atomic mass is 19.1. The fourth-order valence-electron chi connectivity index (χ4n) is 5.32. The summed E-state index contributed by atoms with van der Waals surface area (Å²) in [7, 11) is 0. The van der Waals surface area contributed by atoms with Crippen molar-refractivity contribution in [3.63, 3.8) is 0 Å². The molecule has 36 heavy (non-hydrogen) atoms. The van der Waals surface area contributed by atoms with Gasteiger partial charge in [0.15, 0.2) is 0 Å². The molecule has 0 spiro atoms. The van der Waals surface area contributed by atoms with Gasteiger partial charge in [-0.1, -0.05) is 24.3 Å². The first-order valence-corrected chi connectivity index (χ1v) is 12.6. The third-order valence-electron chi connectivity index (χ3n) is 7.30. The summed E-state index contributed by atoms with van der Waals surface area (Å²) in [5.74, 6) is 2.54. The van der Waals surface area contributed by atoms with Gasteiger partial charge in [0.25, 0.3) is 0 Å². The highest BCUT2D eigenvalue weighted by Gasteiger charge is 2.38. The summed E-state index contributed by atoms with van der Waals surface area (Å²) in [6.45, 7) is 2.74. The normalized spacial score (nSPS) is 20.0. The Morgan fingerprint density at radius 3 is 2.42 bits per heavy atom. The molecule has 3 aromatic rings. The molecule has 0 bridgehead atoms. The van der Waals surface area contributed by atoms with Crippen LogP contribution < -0.4 is 9.47 Å². The van der Waals surface area contributed by atoms with E-state index in [1.165, 1.54) is 5.57 Å². The monoisotopic (exact) mass is 487 g/mol. The molecule has 6 rings (SSSR count). The number of halogens is 1. The number of nitrogens with zero attached hydrogens (tertiary/aromatic N) is 1. The summed E-state index contributed by atoms with van der Waals surface area (Å²) in [4.78, 5) is 2.20. The molecule has 1 saturated heterocycles. The quantitative estimate of drug-likeness (QED) is 0.419. The molecule has 186 valence electrons. The summed E-state index contributed by atoms with van der Waals surface area (Å²) in [6.07, 6.45) is 1.83. The van der Waals surface area contributed by atoms with Gasteiger partial charge in [-0.05, 0) is 77.9 Å². The van der Waals surface area contributed by atoms with Crippen molar-refractivity contribution in [3.05, 3.63) is 83.4 Å². The molecule has 2 heterocycles. The lowest BCUT2D eigenvalue weighted by atomic mass is 9.83. The number of allylic oxidation sites excluding steroid dienone is 1. The van der Waals surface area contributed by atoms with Gasteiger partial charge in [0, 0.05) is 36.7 Å². The van der Waals surface area contributed by atoms with Gasteiger partial charge >= 0.3 is 0 Å². The van der Waals surface area contributed by atoms with Gasteiger partial charge < -0.3 is 19.7 Å². The molecular formula is C30H30FNO4. The highest BCUT2D eigenvalue weighted by molar-refractivity contribution is 5.98. The first-order valence-electron chi connectivity index (χ1n) is 12.6. The van der Waals surface area contributed by atoms with Crippen molar-refractivity contribution in [1.82, 2.24) is 4.90 Å². The van der Waals surface area contributed by atoms with E-state index in [1.807, 2.05) is 42.5 Å². The molecule has 2 fully saturated rings. The van der Waals surface area contributed by atoms with Crippen molar-refractivity contribution < 1.29 is 24.1 Å². The number of aromatic hydroxyl groups is 2. The van der Waals surface area contributed by atoms with Gasteiger partial charge in [0.2, 0.25) is 0 Å². The maximum absolute atomic E-state index is 12.6. The lowest BCUT2D eigenvalue weighted by Gasteiger charge is -2.37. The minimum atomic E-state index is -0.354. The molecule has 1 aliphatic carbocycles. The second kappa shape index (κ2) is 9.51. The van der Waals surface area contributed by atoms with Crippen LogP contribution in [-0.2, 0) is 0 Å². The molecule has 3 aromatic carbocycles. The lowest BCUT2D eigenvalue weighted by Crippen LogP contribution is -2.49. The minimum Gasteiger partial charge on any atom is -0.508 e. The molecule has 0 unspecified atom stereocenters. The van der Waals surface area contributed by atoms with E-state index in [4.69, 9.17) is 9.47 Å². The van der Waals surface area contributed by atoms with E-state index < -0.39 is 0 Å². The van der Waals surface area contributed by atoms with Crippen molar-refractivity contribution in [1.29, 1.82) is 0 Å². The van der Waals surface area contributed by atoms with E-state index in [0.717, 1.165) is 66.2 Å². The first-order chi connectivity index (χ1) is 17.6. The van der Waals surface area contributed by atoms with Crippen LogP contribution >= 0.6 is 0 Å². The third kappa shape index (κ3) is 4.53. The Balaban J connectivity index is 1.29. The van der Waals surface area contributed by atoms with Crippen LogP contribution in [0.4, 0.5) is 4.39 Å². The summed E-state index contributed by atoms with van der Waals surface area (Å²) < 4.78 is 25.1. The Kier molecular flexibility index (Phi) is 6.05. The van der Waals surface area contributed by atoms with Crippen molar-refractivity contribution in [2.45, 2.75) is 18.9 Å². The number of fused-ring (bicyclic) bond motifs is 1. The molecule has 1 saturated carbocycles. The Labute approximate surface area is 210 Å². The van der Waals surface area contributed by atoms with Gasteiger partial charge in [-0.25, -0.2) is 0 Å². The fraction of sp³-hybridized carbons (Fsp3) is 0.333. The second-order valence-electron chi connectivity index (χ2n) is 10.0. The molecule has 3 aliphatic rings. The zero-order valence-corrected chi connectivity index (χ0v) is 20.1. The maximum atomic E-state index is 12.6. The molecular weight excluding hydrogens is 457 g/mol. The number of hydrogen-bond acceptors (Lipinski definition) is 5.